The Hall–Kier alpha value is -0.570. The van der Waals surface area contributed by atoms with Gasteiger partial charge in [0.15, 0.2) is 0 Å². The van der Waals surface area contributed by atoms with Crippen molar-refractivity contribution in [3.8, 4) is 0 Å². The van der Waals surface area contributed by atoms with Crippen LogP contribution in [0, 0.1) is 0 Å². The number of primary amides is 1. The van der Waals surface area contributed by atoms with Gasteiger partial charge in [0.1, 0.15) is 0 Å². The molecule has 0 spiro atoms. The zero-order valence-electron chi connectivity index (χ0n) is 7.68. The lowest BCUT2D eigenvalue weighted by atomic mass is 10.1. The van der Waals surface area contributed by atoms with E-state index in [4.69, 9.17) is 5.73 Å². The molecule has 0 bridgehead atoms. The summed E-state index contributed by atoms with van der Waals surface area (Å²) in [6, 6.07) is 0.413. The van der Waals surface area contributed by atoms with Gasteiger partial charge in [0, 0.05) is 6.04 Å². The molecule has 0 heterocycles. The molecule has 1 amide bonds. The van der Waals surface area contributed by atoms with Gasteiger partial charge in [0.2, 0.25) is 5.91 Å². The molecule has 0 aromatic rings. The molecule has 12 heavy (non-hydrogen) atoms. The summed E-state index contributed by atoms with van der Waals surface area (Å²) < 4.78 is 0. The molecule has 1 aliphatic rings. The predicted molar refractivity (Wildman–Crippen MR) is 48.7 cm³/mol. The van der Waals surface area contributed by atoms with Crippen molar-refractivity contribution in [2.24, 2.45) is 5.73 Å². The summed E-state index contributed by atoms with van der Waals surface area (Å²) >= 11 is 0. The van der Waals surface area contributed by atoms with Crippen molar-refractivity contribution in [2.75, 3.05) is 0 Å². The van der Waals surface area contributed by atoms with Crippen molar-refractivity contribution in [3.05, 3.63) is 0 Å². The van der Waals surface area contributed by atoms with Crippen LogP contribution in [-0.4, -0.2) is 18.0 Å². The van der Waals surface area contributed by atoms with E-state index in [0.29, 0.717) is 6.04 Å². The highest BCUT2D eigenvalue weighted by molar-refractivity contribution is 5.79. The normalized spacial score (nSPS) is 21.1. The fraction of sp³-hybridized carbons (Fsp3) is 0.889. The van der Waals surface area contributed by atoms with Crippen LogP contribution in [0.5, 0.6) is 0 Å². The van der Waals surface area contributed by atoms with Crippen molar-refractivity contribution in [1.82, 2.24) is 5.32 Å². The third-order valence-electron chi connectivity index (χ3n) is 2.54. The van der Waals surface area contributed by atoms with Crippen LogP contribution in [0.1, 0.15) is 39.0 Å². The van der Waals surface area contributed by atoms with Crippen molar-refractivity contribution >= 4 is 5.91 Å². The highest BCUT2D eigenvalue weighted by atomic mass is 16.1. The van der Waals surface area contributed by atoms with Gasteiger partial charge in [-0.25, -0.2) is 0 Å². The minimum absolute atomic E-state index is 0.118. The van der Waals surface area contributed by atoms with Crippen LogP contribution in [0.4, 0.5) is 0 Å². The second kappa shape index (κ2) is 4.45. The molecule has 0 aliphatic heterocycles. The highest BCUT2D eigenvalue weighted by Gasteiger charge is 2.20. The fourth-order valence-corrected chi connectivity index (χ4v) is 1.78. The van der Waals surface area contributed by atoms with Gasteiger partial charge in [-0.3, -0.25) is 4.79 Å². The fourth-order valence-electron chi connectivity index (χ4n) is 1.78. The maximum atomic E-state index is 10.9. The summed E-state index contributed by atoms with van der Waals surface area (Å²) in [5.41, 5.74) is 5.22. The topological polar surface area (TPSA) is 55.1 Å². The number of rotatable bonds is 4. The lowest BCUT2D eigenvalue weighted by Gasteiger charge is -2.18. The molecule has 1 rings (SSSR count). The van der Waals surface area contributed by atoms with Gasteiger partial charge in [-0.15, -0.1) is 0 Å². The van der Waals surface area contributed by atoms with E-state index >= 15 is 0 Å². The number of nitrogens with two attached hydrogens (primary N) is 1. The van der Waals surface area contributed by atoms with Crippen LogP contribution < -0.4 is 11.1 Å². The number of carbonyl (C=O) groups is 1. The van der Waals surface area contributed by atoms with Crippen molar-refractivity contribution in [3.63, 3.8) is 0 Å². The van der Waals surface area contributed by atoms with Crippen molar-refractivity contribution < 1.29 is 4.79 Å². The van der Waals surface area contributed by atoms with Crippen LogP contribution in [0.3, 0.4) is 0 Å². The zero-order chi connectivity index (χ0) is 8.97. The summed E-state index contributed by atoms with van der Waals surface area (Å²) in [5.74, 6) is -0.218. The van der Waals surface area contributed by atoms with Gasteiger partial charge in [-0.2, -0.15) is 0 Å². The van der Waals surface area contributed by atoms with E-state index in [1.807, 2.05) is 6.92 Å². The molecule has 3 heteroatoms. The first-order chi connectivity index (χ1) is 5.74. The Bertz CT molecular complexity index is 153. The lowest BCUT2D eigenvalue weighted by molar-refractivity contribution is -0.120. The molecule has 3 N–H and O–H groups in total. The number of carbonyl (C=O) groups excluding carboxylic acids is 1. The van der Waals surface area contributed by atoms with Crippen LogP contribution in [-0.2, 0) is 4.79 Å². The van der Waals surface area contributed by atoms with Gasteiger partial charge in [-0.1, -0.05) is 19.8 Å². The maximum absolute atomic E-state index is 10.9. The standard InChI is InChI=1S/C9H18N2O/c1-2-8(9(10)12)11-7-5-3-4-6-7/h7-8,11H,2-6H2,1H3,(H2,10,12)/t8-/m1/s1. The molecule has 0 radical (unpaired) electrons. The maximum Gasteiger partial charge on any atom is 0.234 e. The molecule has 1 atom stereocenters. The third kappa shape index (κ3) is 2.48. The third-order valence-corrected chi connectivity index (χ3v) is 2.54. The Balaban J connectivity index is 2.30. The van der Waals surface area contributed by atoms with E-state index < -0.39 is 0 Å². The summed E-state index contributed by atoms with van der Waals surface area (Å²) in [4.78, 5) is 10.9. The molecule has 0 saturated heterocycles. The molecule has 0 unspecified atom stereocenters. The van der Waals surface area contributed by atoms with Crippen molar-refractivity contribution in [2.45, 2.75) is 51.1 Å². The molecule has 1 fully saturated rings. The molecule has 0 aromatic carbocycles. The zero-order valence-corrected chi connectivity index (χ0v) is 7.68. The quantitative estimate of drug-likeness (QED) is 0.655. The molecule has 1 aliphatic carbocycles. The summed E-state index contributed by atoms with van der Waals surface area (Å²) in [5, 5.41) is 3.29. The molecule has 70 valence electrons. The van der Waals surface area contributed by atoms with E-state index in [1.54, 1.807) is 0 Å². The summed E-state index contributed by atoms with van der Waals surface area (Å²) in [6.07, 6.45) is 5.76. The minimum Gasteiger partial charge on any atom is -0.368 e. The summed E-state index contributed by atoms with van der Waals surface area (Å²) in [7, 11) is 0. The molecule has 1 saturated carbocycles. The highest BCUT2D eigenvalue weighted by Crippen LogP contribution is 2.18. The van der Waals surface area contributed by atoms with E-state index in [1.165, 1.54) is 25.7 Å². The Labute approximate surface area is 73.7 Å². The van der Waals surface area contributed by atoms with Gasteiger partial charge in [0.25, 0.3) is 0 Å². The van der Waals surface area contributed by atoms with Crippen LogP contribution >= 0.6 is 0 Å². The SMILES string of the molecule is CC[C@@H](NC1CCCC1)C(N)=O. The first kappa shape index (κ1) is 9.52. The number of hydrogen-bond acceptors (Lipinski definition) is 2. The monoisotopic (exact) mass is 170 g/mol. The second-order valence-corrected chi connectivity index (χ2v) is 3.51. The smallest absolute Gasteiger partial charge is 0.234 e. The predicted octanol–water partition coefficient (Wildman–Crippen LogP) is 0.782. The summed E-state index contributed by atoms with van der Waals surface area (Å²) in [6.45, 7) is 1.98. The Kier molecular flexibility index (Phi) is 3.53. The average molecular weight is 170 g/mol. The molecule has 0 aromatic heterocycles. The van der Waals surface area contributed by atoms with E-state index in [2.05, 4.69) is 5.32 Å². The first-order valence-corrected chi connectivity index (χ1v) is 4.79. The molecule has 3 nitrogen and oxygen atoms in total. The van der Waals surface area contributed by atoms with Gasteiger partial charge >= 0.3 is 0 Å². The minimum atomic E-state index is -0.218. The van der Waals surface area contributed by atoms with Gasteiger partial charge in [-0.05, 0) is 19.3 Å². The van der Waals surface area contributed by atoms with Gasteiger partial charge < -0.3 is 11.1 Å². The number of nitrogens with one attached hydrogen (secondary N) is 1. The van der Waals surface area contributed by atoms with E-state index in [0.717, 1.165) is 6.42 Å². The second-order valence-electron chi connectivity index (χ2n) is 3.51. The van der Waals surface area contributed by atoms with Crippen LogP contribution in [0.25, 0.3) is 0 Å². The largest absolute Gasteiger partial charge is 0.368 e. The van der Waals surface area contributed by atoms with E-state index in [9.17, 15) is 4.79 Å². The van der Waals surface area contributed by atoms with Crippen LogP contribution in [0.15, 0.2) is 0 Å². The average Bonchev–Trinajstić information content (AvgIpc) is 2.51. The number of hydrogen-bond donors (Lipinski definition) is 2. The molecular formula is C9H18N2O. The first-order valence-electron chi connectivity index (χ1n) is 4.79. The van der Waals surface area contributed by atoms with Crippen LogP contribution in [0.2, 0.25) is 0 Å². The number of amides is 1. The van der Waals surface area contributed by atoms with Gasteiger partial charge in [0.05, 0.1) is 6.04 Å². The lowest BCUT2D eigenvalue weighted by Crippen LogP contribution is -2.45. The Morgan fingerprint density at radius 1 is 1.58 bits per heavy atom. The van der Waals surface area contributed by atoms with Crippen molar-refractivity contribution in [1.29, 1.82) is 0 Å². The van der Waals surface area contributed by atoms with E-state index in [-0.39, 0.29) is 11.9 Å². The Morgan fingerprint density at radius 3 is 2.58 bits per heavy atom. The molecular weight excluding hydrogens is 152 g/mol. The Morgan fingerprint density at radius 2 is 2.17 bits per heavy atom.